The quantitative estimate of drug-likeness (QED) is 0.244. The summed E-state index contributed by atoms with van der Waals surface area (Å²) in [5, 5.41) is 16.2. The van der Waals surface area contributed by atoms with E-state index in [-0.39, 0.29) is 18.8 Å². The fourth-order valence-corrected chi connectivity index (χ4v) is 7.17. The van der Waals surface area contributed by atoms with Crippen LogP contribution < -0.4 is 0 Å². The van der Waals surface area contributed by atoms with Crippen molar-refractivity contribution >= 4 is 16.1 Å². The smallest absolute Gasteiger partial charge is 0.432 e. The van der Waals surface area contributed by atoms with Crippen LogP contribution in [0.5, 0.6) is 0 Å². The van der Waals surface area contributed by atoms with Gasteiger partial charge >= 0.3 is 27.5 Å². The van der Waals surface area contributed by atoms with Gasteiger partial charge in [-0.25, -0.2) is 4.79 Å². The van der Waals surface area contributed by atoms with Gasteiger partial charge in [0.25, 0.3) is 6.10 Å². The maximum Gasteiger partial charge on any atom is 0.432 e. The number of carbonyl (C=O) groups excluding carboxylic acids is 1. The highest BCUT2D eigenvalue weighted by molar-refractivity contribution is 7.86. The van der Waals surface area contributed by atoms with Crippen molar-refractivity contribution in [3.63, 3.8) is 0 Å². The van der Waals surface area contributed by atoms with Crippen molar-refractivity contribution < 1.29 is 59.4 Å². The van der Waals surface area contributed by atoms with E-state index in [1.807, 2.05) is 0 Å². The van der Waals surface area contributed by atoms with E-state index in [0.29, 0.717) is 25.7 Å². The molecule has 8 nitrogen and oxygen atoms in total. The Morgan fingerprint density at radius 1 is 0.943 bits per heavy atom. The summed E-state index contributed by atoms with van der Waals surface area (Å²) in [5.41, 5.74) is -5.07. The Hall–Kier alpha value is -1.09. The lowest BCUT2D eigenvalue weighted by molar-refractivity contribution is -0.294. The van der Waals surface area contributed by atoms with Gasteiger partial charge < -0.3 is 19.7 Å². The minimum Gasteiger partial charge on any atom is -0.443 e. The van der Waals surface area contributed by atoms with Crippen LogP contribution in [0, 0.1) is 16.7 Å². The van der Waals surface area contributed by atoms with Gasteiger partial charge in [-0.3, -0.25) is 4.55 Å². The Balaban J connectivity index is 1.86. The van der Waals surface area contributed by atoms with Crippen molar-refractivity contribution in [2.75, 3.05) is 6.61 Å². The summed E-state index contributed by atoms with van der Waals surface area (Å²) in [4.78, 5) is 12.2. The first-order chi connectivity index (χ1) is 15.4. The van der Waals surface area contributed by atoms with Gasteiger partial charge in [-0.15, -0.1) is 0 Å². The molecule has 0 radical (unpaired) electrons. The summed E-state index contributed by atoms with van der Waals surface area (Å²) in [6, 6.07) is 0. The van der Waals surface area contributed by atoms with E-state index in [2.05, 4.69) is 4.74 Å². The number of halogens is 5. The Kier molecular flexibility index (Phi) is 6.47. The molecule has 3 unspecified atom stereocenters. The van der Waals surface area contributed by atoms with E-state index in [1.165, 1.54) is 0 Å². The second-order valence-electron chi connectivity index (χ2n) is 11.6. The van der Waals surface area contributed by atoms with Gasteiger partial charge in [-0.2, -0.15) is 30.4 Å². The van der Waals surface area contributed by atoms with Gasteiger partial charge in [0.1, 0.15) is 6.61 Å². The summed E-state index contributed by atoms with van der Waals surface area (Å²) in [5.74, 6) is -1.94. The number of rotatable bonds is 8. The molecule has 3 atom stereocenters. The zero-order valence-corrected chi connectivity index (χ0v) is 20.6. The van der Waals surface area contributed by atoms with Crippen LogP contribution >= 0.6 is 0 Å². The lowest BCUT2D eigenvalue weighted by Crippen LogP contribution is -2.70. The lowest BCUT2D eigenvalue weighted by Gasteiger charge is -2.71. The molecule has 0 amide bonds. The molecule has 4 aliphatic carbocycles. The molecule has 0 saturated heterocycles. The molecule has 35 heavy (non-hydrogen) atoms. The Morgan fingerprint density at radius 2 is 1.40 bits per heavy atom. The van der Waals surface area contributed by atoms with Crippen LogP contribution in [-0.4, -0.2) is 70.1 Å². The molecule has 14 heteroatoms. The third kappa shape index (κ3) is 4.80. The average Bonchev–Trinajstić information content (AvgIpc) is 2.59. The van der Waals surface area contributed by atoms with Crippen molar-refractivity contribution in [2.45, 2.75) is 101 Å². The zero-order chi connectivity index (χ0) is 27.1. The number of hydrogen-bond acceptors (Lipinski definition) is 7. The van der Waals surface area contributed by atoms with Crippen LogP contribution in [-0.2, 0) is 24.4 Å². The van der Waals surface area contributed by atoms with Crippen molar-refractivity contribution in [3.8, 4) is 0 Å². The van der Waals surface area contributed by atoms with Crippen molar-refractivity contribution in [3.05, 3.63) is 0 Å². The van der Waals surface area contributed by atoms with Crippen molar-refractivity contribution in [1.82, 2.24) is 0 Å². The maximum absolute atomic E-state index is 13.7. The van der Waals surface area contributed by atoms with Gasteiger partial charge in [0.2, 0.25) is 0 Å². The van der Waals surface area contributed by atoms with Crippen molar-refractivity contribution in [1.29, 1.82) is 0 Å². The number of ether oxygens (including phenoxy) is 2. The monoisotopic (exact) mass is 538 g/mol. The summed E-state index contributed by atoms with van der Waals surface area (Å²) in [7, 11) is -6.56. The van der Waals surface area contributed by atoms with Gasteiger partial charge in [0.05, 0.1) is 16.8 Å². The van der Waals surface area contributed by atoms with E-state index in [9.17, 15) is 45.4 Å². The van der Waals surface area contributed by atoms with E-state index in [4.69, 9.17) is 9.29 Å². The second-order valence-corrected chi connectivity index (χ2v) is 13.1. The second kappa shape index (κ2) is 7.95. The maximum atomic E-state index is 13.7. The molecule has 0 aromatic heterocycles. The van der Waals surface area contributed by atoms with Gasteiger partial charge in [-0.1, -0.05) is 0 Å². The summed E-state index contributed by atoms with van der Waals surface area (Å²) in [6.07, 6.45) is -7.96. The third-order valence-corrected chi connectivity index (χ3v) is 9.21. The molecule has 4 rings (SSSR count). The summed E-state index contributed by atoms with van der Waals surface area (Å²) >= 11 is 0. The minimum absolute atomic E-state index is 0.0353. The van der Waals surface area contributed by atoms with Gasteiger partial charge in [0, 0.05) is 10.8 Å². The number of esters is 1. The van der Waals surface area contributed by atoms with Crippen LogP contribution in [0.2, 0.25) is 0 Å². The fraction of sp³-hybridized carbons (Fsp3) is 0.952. The molecular formula is C21H31F5O8S. The third-order valence-electron chi connectivity index (χ3n) is 8.31. The molecule has 0 aliphatic heterocycles. The number of hydrogen-bond donors (Lipinski definition) is 3. The summed E-state index contributed by atoms with van der Waals surface area (Å²) in [6.45, 7) is 5.26. The number of alkyl halides is 5. The largest absolute Gasteiger partial charge is 0.443 e. The number of carbonyl (C=O) groups is 1. The van der Waals surface area contributed by atoms with Crippen LogP contribution in [0.3, 0.4) is 0 Å². The van der Waals surface area contributed by atoms with E-state index in [1.54, 1.807) is 27.7 Å². The SMILES string of the molecule is CC(C)(O)C12CC3CC(OCC(=O)OC(C(F)(F)F)C(F)(F)S(=O)(=O)O)(C1)CC(C(C)(C)O)(C3)C2. The van der Waals surface area contributed by atoms with Crippen LogP contribution in [0.1, 0.15) is 66.2 Å². The molecule has 0 aromatic rings. The molecule has 4 bridgehead atoms. The fourth-order valence-electron chi connectivity index (χ4n) is 6.71. The molecule has 4 fully saturated rings. The van der Waals surface area contributed by atoms with Crippen LogP contribution in [0.15, 0.2) is 0 Å². The summed E-state index contributed by atoms with van der Waals surface area (Å²) < 4.78 is 106. The normalized spacial score (nSPS) is 34.7. The Morgan fingerprint density at radius 3 is 1.77 bits per heavy atom. The van der Waals surface area contributed by atoms with Crippen LogP contribution in [0.25, 0.3) is 0 Å². The highest BCUT2D eigenvalue weighted by Gasteiger charge is 2.70. The molecule has 4 saturated carbocycles. The standard InChI is InChI=1S/C21H31F5O8S/c1-15(2,28)17-5-12-6-18(9-17,16(3,4)29)11-19(7-12,10-17)33-8-13(27)34-14(20(22,23)24)21(25,26)35(30,31)32/h12,14,28-29H,5-11H2,1-4H3,(H,30,31,32). The van der Waals surface area contributed by atoms with Crippen molar-refractivity contribution in [2.24, 2.45) is 16.7 Å². The molecule has 204 valence electrons. The number of aliphatic hydroxyl groups is 2. The molecule has 0 aromatic carbocycles. The molecule has 3 N–H and O–H groups in total. The lowest BCUT2D eigenvalue weighted by atomic mass is 9.37. The molecule has 0 heterocycles. The average molecular weight is 539 g/mol. The topological polar surface area (TPSA) is 130 Å². The van der Waals surface area contributed by atoms with Gasteiger partial charge in [-0.05, 0) is 72.1 Å². The molecular weight excluding hydrogens is 507 g/mol. The molecule has 0 spiro atoms. The highest BCUT2D eigenvalue weighted by Crippen LogP contribution is 2.72. The first-order valence-corrected chi connectivity index (χ1v) is 12.5. The Bertz CT molecular complexity index is 936. The predicted octanol–water partition coefficient (Wildman–Crippen LogP) is 3.21. The minimum atomic E-state index is -6.56. The van der Waals surface area contributed by atoms with E-state index >= 15 is 0 Å². The first-order valence-electron chi connectivity index (χ1n) is 11.1. The molecule has 4 aliphatic rings. The highest BCUT2D eigenvalue weighted by atomic mass is 32.2. The predicted molar refractivity (Wildman–Crippen MR) is 110 cm³/mol. The first kappa shape index (κ1) is 28.5. The Labute approximate surface area is 199 Å². The van der Waals surface area contributed by atoms with E-state index in [0.717, 1.165) is 0 Å². The van der Waals surface area contributed by atoms with Gasteiger partial charge in [0.15, 0.2) is 0 Å². The zero-order valence-electron chi connectivity index (χ0n) is 19.8. The van der Waals surface area contributed by atoms with E-state index < -0.39 is 67.9 Å². The van der Waals surface area contributed by atoms with Crippen LogP contribution in [0.4, 0.5) is 22.0 Å².